The Balaban J connectivity index is 4.84. The highest BCUT2D eigenvalue weighted by molar-refractivity contribution is 7.95. The molecule has 0 aromatic rings. The molecule has 0 atom stereocenters. The van der Waals surface area contributed by atoms with E-state index in [0.717, 1.165) is 0 Å². The van der Waals surface area contributed by atoms with E-state index in [9.17, 15) is 12.8 Å². The van der Waals surface area contributed by atoms with Crippen molar-refractivity contribution in [1.82, 2.24) is 0 Å². The predicted octanol–water partition coefficient (Wildman–Crippen LogP) is 1.97. The maximum atomic E-state index is 11.9. The molecule has 0 saturated carbocycles. The van der Waals surface area contributed by atoms with Gasteiger partial charge in [0.15, 0.2) is 6.01 Å². The fourth-order valence-electron chi connectivity index (χ4n) is 0.605. The van der Waals surface area contributed by atoms with E-state index in [-0.39, 0.29) is 4.91 Å². The van der Waals surface area contributed by atoms with Crippen molar-refractivity contribution in [2.24, 2.45) is 0 Å². The molecule has 0 aromatic carbocycles. The van der Waals surface area contributed by atoms with Crippen LogP contribution in [0.3, 0.4) is 0 Å². The highest BCUT2D eigenvalue weighted by Gasteiger charge is 2.12. The van der Waals surface area contributed by atoms with Gasteiger partial charge in [-0.2, -0.15) is 0 Å². The van der Waals surface area contributed by atoms with Crippen molar-refractivity contribution < 1.29 is 12.8 Å². The third kappa shape index (κ3) is 3.00. The minimum absolute atomic E-state index is 0.0232. The average Bonchev–Trinajstić information content (AvgIpc) is 2.05. The van der Waals surface area contributed by atoms with Crippen LogP contribution >= 0.6 is 0 Å². The van der Waals surface area contributed by atoms with E-state index in [1.165, 1.54) is 31.2 Å². The third-order valence-electron chi connectivity index (χ3n) is 1.18. The molecule has 0 heterocycles. The van der Waals surface area contributed by atoms with Gasteiger partial charge in [-0.1, -0.05) is 24.8 Å². The smallest absolute Gasteiger partial charge is 0.207 e. The largest absolute Gasteiger partial charge is 0.233 e. The minimum Gasteiger partial charge on any atom is -0.233 e. The Kier molecular flexibility index (Phi) is 4.51. The molecule has 0 aromatic heterocycles. The Labute approximate surface area is 72.0 Å². The second kappa shape index (κ2) is 4.87. The zero-order valence-electron chi connectivity index (χ0n) is 6.83. The monoisotopic (exact) mass is 190 g/mol. The first-order valence-electron chi connectivity index (χ1n) is 3.32. The number of hydrogen-bond donors (Lipinski definition) is 0. The van der Waals surface area contributed by atoms with Crippen LogP contribution in [0.15, 0.2) is 35.8 Å². The summed E-state index contributed by atoms with van der Waals surface area (Å²) in [6, 6.07) is -1.37. The second-order valence-corrected chi connectivity index (χ2v) is 3.93. The summed E-state index contributed by atoms with van der Waals surface area (Å²) >= 11 is 0. The summed E-state index contributed by atoms with van der Waals surface area (Å²) < 4.78 is 33.8. The summed E-state index contributed by atoms with van der Waals surface area (Å²) in [4.78, 5) is -0.0232. The molecule has 0 aliphatic carbocycles. The molecule has 68 valence electrons. The first kappa shape index (κ1) is 11.1. The number of sulfone groups is 1. The normalized spacial score (nSPS) is 13.7. The molecule has 0 spiro atoms. The Morgan fingerprint density at radius 3 is 2.50 bits per heavy atom. The lowest BCUT2D eigenvalue weighted by molar-refractivity contribution is 0.540. The topological polar surface area (TPSA) is 34.1 Å². The van der Waals surface area contributed by atoms with Gasteiger partial charge in [0.25, 0.3) is 0 Å². The number of alkyl halides is 1. The zero-order chi connectivity index (χ0) is 9.61. The lowest BCUT2D eigenvalue weighted by atomic mass is 10.4. The maximum absolute atomic E-state index is 11.9. The Hall–Kier alpha value is -0.900. The van der Waals surface area contributed by atoms with Gasteiger partial charge in [0.2, 0.25) is 9.84 Å². The van der Waals surface area contributed by atoms with Gasteiger partial charge in [0, 0.05) is 0 Å². The summed E-state index contributed by atoms with van der Waals surface area (Å²) in [6.07, 6.45) is 5.52. The second-order valence-electron chi connectivity index (χ2n) is 2.01. The molecule has 12 heavy (non-hydrogen) atoms. The number of rotatable bonds is 4. The standard InChI is InChI=1S/C8H11FO2S/c1-3-5-6-8(4-2)12(10,11)7-9/h3-6H,1,7H2,2H3/b6-5-,8-4+. The first-order valence-corrected chi connectivity index (χ1v) is 4.98. The van der Waals surface area contributed by atoms with E-state index < -0.39 is 15.8 Å². The highest BCUT2D eigenvalue weighted by Crippen LogP contribution is 2.09. The molecule has 0 amide bonds. The van der Waals surface area contributed by atoms with Gasteiger partial charge >= 0.3 is 0 Å². The highest BCUT2D eigenvalue weighted by atomic mass is 32.2. The van der Waals surface area contributed by atoms with Crippen molar-refractivity contribution in [2.45, 2.75) is 6.92 Å². The number of hydrogen-bond acceptors (Lipinski definition) is 2. The molecule has 0 aliphatic rings. The van der Waals surface area contributed by atoms with Crippen molar-refractivity contribution in [2.75, 3.05) is 6.01 Å². The summed E-state index contributed by atoms with van der Waals surface area (Å²) in [6.45, 7) is 4.91. The Morgan fingerprint density at radius 1 is 1.58 bits per heavy atom. The SMILES string of the molecule is C=C/C=C\C(=C/C)S(=O)(=O)CF. The van der Waals surface area contributed by atoms with Gasteiger partial charge in [-0.15, -0.1) is 0 Å². The molecule has 0 saturated heterocycles. The van der Waals surface area contributed by atoms with Gasteiger partial charge in [-0.05, 0) is 13.0 Å². The van der Waals surface area contributed by atoms with Crippen LogP contribution in [0, 0.1) is 0 Å². The molecule has 4 heteroatoms. The fraction of sp³-hybridized carbons (Fsp3) is 0.250. The summed E-state index contributed by atoms with van der Waals surface area (Å²) in [5.41, 5.74) is 0. The van der Waals surface area contributed by atoms with Crippen LogP contribution in [0.2, 0.25) is 0 Å². The van der Waals surface area contributed by atoms with E-state index in [1.807, 2.05) is 0 Å². The maximum Gasteiger partial charge on any atom is 0.207 e. The van der Waals surface area contributed by atoms with Crippen LogP contribution < -0.4 is 0 Å². The summed E-state index contributed by atoms with van der Waals surface area (Å²) in [7, 11) is -3.72. The zero-order valence-corrected chi connectivity index (χ0v) is 7.64. The molecular formula is C8H11FO2S. The van der Waals surface area contributed by atoms with Crippen molar-refractivity contribution >= 4 is 9.84 Å². The van der Waals surface area contributed by atoms with Crippen LogP contribution in [0.4, 0.5) is 4.39 Å². The van der Waals surface area contributed by atoms with Gasteiger partial charge in [-0.3, -0.25) is 0 Å². The van der Waals surface area contributed by atoms with Gasteiger partial charge in [0.1, 0.15) is 0 Å². The molecular weight excluding hydrogens is 179 g/mol. The van der Waals surface area contributed by atoms with E-state index in [2.05, 4.69) is 6.58 Å². The van der Waals surface area contributed by atoms with Gasteiger partial charge in [-0.25, -0.2) is 12.8 Å². The average molecular weight is 190 g/mol. The molecule has 0 rings (SSSR count). The van der Waals surface area contributed by atoms with Gasteiger partial charge < -0.3 is 0 Å². The van der Waals surface area contributed by atoms with Gasteiger partial charge in [0.05, 0.1) is 4.91 Å². The van der Waals surface area contributed by atoms with Crippen LogP contribution in [0.1, 0.15) is 6.92 Å². The molecule has 0 radical (unpaired) electrons. The van der Waals surface area contributed by atoms with Crippen molar-refractivity contribution in [3.8, 4) is 0 Å². The van der Waals surface area contributed by atoms with E-state index in [4.69, 9.17) is 0 Å². The summed E-state index contributed by atoms with van der Waals surface area (Å²) in [5.74, 6) is 0. The van der Waals surface area contributed by atoms with Crippen LogP contribution in [-0.4, -0.2) is 14.4 Å². The molecule has 0 unspecified atom stereocenters. The quantitative estimate of drug-likeness (QED) is 0.635. The fourth-order valence-corrected chi connectivity index (χ4v) is 1.38. The first-order chi connectivity index (χ1) is 5.58. The summed E-state index contributed by atoms with van der Waals surface area (Å²) in [5, 5.41) is 0. The molecule has 0 aliphatic heterocycles. The van der Waals surface area contributed by atoms with E-state index in [0.29, 0.717) is 0 Å². The lowest BCUT2D eigenvalue weighted by Gasteiger charge is -1.97. The Morgan fingerprint density at radius 2 is 2.17 bits per heavy atom. The van der Waals surface area contributed by atoms with E-state index >= 15 is 0 Å². The van der Waals surface area contributed by atoms with Crippen LogP contribution in [0.5, 0.6) is 0 Å². The van der Waals surface area contributed by atoms with E-state index in [1.54, 1.807) is 0 Å². The number of allylic oxidation sites excluding steroid dienone is 4. The van der Waals surface area contributed by atoms with Crippen LogP contribution in [-0.2, 0) is 9.84 Å². The predicted molar refractivity (Wildman–Crippen MR) is 48.0 cm³/mol. The van der Waals surface area contributed by atoms with Crippen molar-refractivity contribution in [1.29, 1.82) is 0 Å². The Bertz CT molecular complexity index is 299. The third-order valence-corrected chi connectivity index (χ3v) is 2.56. The lowest BCUT2D eigenvalue weighted by Crippen LogP contribution is -2.03. The minimum atomic E-state index is -3.72. The number of halogens is 1. The molecule has 0 fully saturated rings. The van der Waals surface area contributed by atoms with Crippen molar-refractivity contribution in [3.63, 3.8) is 0 Å². The molecule has 2 nitrogen and oxygen atoms in total. The molecule has 0 bridgehead atoms. The van der Waals surface area contributed by atoms with Crippen molar-refractivity contribution in [3.05, 3.63) is 35.8 Å². The van der Waals surface area contributed by atoms with Crippen LogP contribution in [0.25, 0.3) is 0 Å². The molecule has 0 N–H and O–H groups in total.